The maximum atomic E-state index is 13.9. The van der Waals surface area contributed by atoms with Gasteiger partial charge in [0, 0.05) is 24.8 Å². The van der Waals surface area contributed by atoms with Gasteiger partial charge in [-0.3, -0.25) is 4.99 Å². The lowest BCUT2D eigenvalue weighted by molar-refractivity contribution is 0.622. The molecule has 0 bridgehead atoms. The smallest absolute Gasteiger partial charge is 0.136 e. The van der Waals surface area contributed by atoms with Crippen LogP contribution in [0, 0.1) is 5.82 Å². The molecule has 0 radical (unpaired) electrons. The maximum absolute atomic E-state index is 13.9. The second kappa shape index (κ2) is 4.35. The van der Waals surface area contributed by atoms with E-state index in [-0.39, 0.29) is 5.82 Å². The van der Waals surface area contributed by atoms with Crippen molar-refractivity contribution in [2.45, 2.75) is 25.3 Å². The van der Waals surface area contributed by atoms with E-state index >= 15 is 0 Å². The summed E-state index contributed by atoms with van der Waals surface area (Å²) in [5, 5.41) is 6.54. The Morgan fingerprint density at radius 1 is 1.35 bits per heavy atom. The van der Waals surface area contributed by atoms with E-state index < -0.39 is 0 Å². The molecule has 1 aromatic carbocycles. The highest BCUT2D eigenvalue weighted by molar-refractivity contribution is 6.04. The summed E-state index contributed by atoms with van der Waals surface area (Å²) < 4.78 is 13.9. The van der Waals surface area contributed by atoms with Crippen LogP contribution in [0.25, 0.3) is 0 Å². The molecule has 2 N–H and O–H groups in total. The number of anilines is 1. The van der Waals surface area contributed by atoms with Crippen LogP contribution in [0.2, 0.25) is 0 Å². The quantitative estimate of drug-likeness (QED) is 0.839. The molecule has 1 aromatic rings. The number of nitrogens with zero attached hydrogens (tertiary/aromatic N) is 1. The molecule has 2 aliphatic rings. The highest BCUT2D eigenvalue weighted by atomic mass is 19.1. The zero-order valence-electron chi connectivity index (χ0n) is 9.67. The van der Waals surface area contributed by atoms with Gasteiger partial charge in [0.25, 0.3) is 0 Å². The van der Waals surface area contributed by atoms with Crippen LogP contribution >= 0.6 is 0 Å². The first-order chi connectivity index (χ1) is 8.34. The average Bonchev–Trinajstić information content (AvgIpc) is 3.14. The predicted octanol–water partition coefficient (Wildman–Crippen LogP) is 2.14. The lowest BCUT2D eigenvalue weighted by atomic mass is 10.1. The molecule has 1 heterocycles. The van der Waals surface area contributed by atoms with Crippen LogP contribution in [0.1, 0.15) is 24.8 Å². The van der Waals surface area contributed by atoms with Crippen molar-refractivity contribution in [2.24, 2.45) is 4.99 Å². The van der Waals surface area contributed by atoms with Crippen LogP contribution in [0.15, 0.2) is 23.2 Å². The predicted molar refractivity (Wildman–Crippen MR) is 67.1 cm³/mol. The minimum atomic E-state index is -0.205. The zero-order valence-corrected chi connectivity index (χ0v) is 9.67. The molecule has 0 amide bonds. The zero-order chi connectivity index (χ0) is 11.7. The first-order valence-corrected chi connectivity index (χ1v) is 6.18. The van der Waals surface area contributed by atoms with Crippen LogP contribution in [0.5, 0.6) is 0 Å². The fourth-order valence-corrected chi connectivity index (χ4v) is 2.03. The normalized spacial score (nSPS) is 19.5. The topological polar surface area (TPSA) is 36.4 Å². The molecule has 3 rings (SSSR count). The summed E-state index contributed by atoms with van der Waals surface area (Å²) in [5.41, 5.74) is 1.46. The monoisotopic (exact) mass is 233 g/mol. The number of benzene rings is 1. The summed E-state index contributed by atoms with van der Waals surface area (Å²) in [4.78, 5) is 4.37. The van der Waals surface area contributed by atoms with E-state index in [1.54, 1.807) is 6.07 Å². The highest BCUT2D eigenvalue weighted by Crippen LogP contribution is 2.28. The molecule has 0 unspecified atom stereocenters. The van der Waals surface area contributed by atoms with E-state index in [4.69, 9.17) is 0 Å². The summed E-state index contributed by atoms with van der Waals surface area (Å²) >= 11 is 0. The van der Waals surface area contributed by atoms with Gasteiger partial charge in [-0.05, 0) is 31.4 Å². The van der Waals surface area contributed by atoms with Gasteiger partial charge in [0.1, 0.15) is 11.7 Å². The molecule has 17 heavy (non-hydrogen) atoms. The van der Waals surface area contributed by atoms with Gasteiger partial charge in [0.2, 0.25) is 0 Å². The first-order valence-electron chi connectivity index (χ1n) is 6.18. The van der Waals surface area contributed by atoms with Crippen molar-refractivity contribution in [3.05, 3.63) is 29.6 Å². The Labute approximate surface area is 100 Å². The molecule has 3 nitrogen and oxygen atoms in total. The summed E-state index contributed by atoms with van der Waals surface area (Å²) in [6.45, 7) is 1.65. The van der Waals surface area contributed by atoms with Gasteiger partial charge in [-0.2, -0.15) is 0 Å². The molecule has 0 atom stereocenters. The lowest BCUT2D eigenvalue weighted by Crippen LogP contribution is -2.31. The van der Waals surface area contributed by atoms with Crippen molar-refractivity contribution in [3.8, 4) is 0 Å². The third-order valence-corrected chi connectivity index (χ3v) is 3.08. The number of amidine groups is 1. The number of hydrogen-bond donors (Lipinski definition) is 2. The SMILES string of the molecule is Fc1cccc(NC2CC2)c1C1=NCCCN1. The van der Waals surface area contributed by atoms with E-state index in [2.05, 4.69) is 15.6 Å². The van der Waals surface area contributed by atoms with Gasteiger partial charge in [-0.15, -0.1) is 0 Å². The van der Waals surface area contributed by atoms with Crippen molar-refractivity contribution < 1.29 is 4.39 Å². The molecule has 0 spiro atoms. The van der Waals surface area contributed by atoms with Crippen LogP contribution in [-0.4, -0.2) is 25.0 Å². The van der Waals surface area contributed by atoms with E-state index in [1.165, 1.54) is 18.9 Å². The van der Waals surface area contributed by atoms with Crippen molar-refractivity contribution in [1.29, 1.82) is 0 Å². The molecule has 0 saturated heterocycles. The Kier molecular flexibility index (Phi) is 2.71. The number of hydrogen-bond acceptors (Lipinski definition) is 3. The summed E-state index contributed by atoms with van der Waals surface area (Å²) in [5.74, 6) is 0.487. The number of rotatable bonds is 3. The molecule has 4 heteroatoms. The Bertz CT molecular complexity index is 452. The van der Waals surface area contributed by atoms with E-state index in [0.717, 1.165) is 25.2 Å². The van der Waals surface area contributed by atoms with Crippen LogP contribution in [0.3, 0.4) is 0 Å². The summed E-state index contributed by atoms with van der Waals surface area (Å²) in [6.07, 6.45) is 3.37. The first kappa shape index (κ1) is 10.6. The third kappa shape index (κ3) is 2.25. The summed E-state index contributed by atoms with van der Waals surface area (Å²) in [6, 6.07) is 5.68. The molecule has 0 aromatic heterocycles. The van der Waals surface area contributed by atoms with E-state index in [0.29, 0.717) is 17.4 Å². The Hall–Kier alpha value is -1.58. The largest absolute Gasteiger partial charge is 0.382 e. The van der Waals surface area contributed by atoms with Crippen molar-refractivity contribution >= 4 is 11.5 Å². The minimum Gasteiger partial charge on any atom is -0.382 e. The molecule has 90 valence electrons. The number of aliphatic imine (C=N–C) groups is 1. The van der Waals surface area contributed by atoms with E-state index in [1.807, 2.05) is 6.07 Å². The second-order valence-corrected chi connectivity index (χ2v) is 4.59. The maximum Gasteiger partial charge on any atom is 0.136 e. The number of nitrogens with one attached hydrogen (secondary N) is 2. The van der Waals surface area contributed by atoms with Crippen LogP contribution in [0.4, 0.5) is 10.1 Å². The molecule has 1 fully saturated rings. The Morgan fingerprint density at radius 3 is 2.94 bits per heavy atom. The Morgan fingerprint density at radius 2 is 2.24 bits per heavy atom. The molecule has 1 aliphatic carbocycles. The van der Waals surface area contributed by atoms with Crippen LogP contribution < -0.4 is 10.6 Å². The second-order valence-electron chi connectivity index (χ2n) is 4.59. The minimum absolute atomic E-state index is 0.205. The van der Waals surface area contributed by atoms with Gasteiger partial charge in [0.05, 0.1) is 5.56 Å². The summed E-state index contributed by atoms with van der Waals surface area (Å²) in [7, 11) is 0. The van der Waals surface area contributed by atoms with Gasteiger partial charge in [0.15, 0.2) is 0 Å². The third-order valence-electron chi connectivity index (χ3n) is 3.08. The van der Waals surface area contributed by atoms with Crippen molar-refractivity contribution in [3.63, 3.8) is 0 Å². The fraction of sp³-hybridized carbons (Fsp3) is 0.462. The standard InChI is InChI=1S/C13H16FN3/c14-10-3-1-4-11(17-9-5-6-9)12(10)13-15-7-2-8-16-13/h1,3-4,9,17H,2,5-8H2,(H,15,16). The van der Waals surface area contributed by atoms with Gasteiger partial charge < -0.3 is 10.6 Å². The average molecular weight is 233 g/mol. The van der Waals surface area contributed by atoms with Gasteiger partial charge >= 0.3 is 0 Å². The van der Waals surface area contributed by atoms with Gasteiger partial charge in [-0.25, -0.2) is 4.39 Å². The molecule has 1 aliphatic heterocycles. The lowest BCUT2D eigenvalue weighted by Gasteiger charge is -2.18. The molecular formula is C13H16FN3. The molecule has 1 saturated carbocycles. The van der Waals surface area contributed by atoms with Crippen molar-refractivity contribution in [1.82, 2.24) is 5.32 Å². The highest BCUT2D eigenvalue weighted by Gasteiger charge is 2.24. The van der Waals surface area contributed by atoms with Crippen molar-refractivity contribution in [2.75, 3.05) is 18.4 Å². The van der Waals surface area contributed by atoms with E-state index in [9.17, 15) is 4.39 Å². The van der Waals surface area contributed by atoms with Gasteiger partial charge in [-0.1, -0.05) is 6.07 Å². The number of halogens is 1. The molecular weight excluding hydrogens is 217 g/mol. The Balaban J connectivity index is 1.96. The van der Waals surface area contributed by atoms with Crippen LogP contribution in [-0.2, 0) is 0 Å². The fourth-order valence-electron chi connectivity index (χ4n) is 2.03.